The smallest absolute Gasteiger partial charge is 0.125 e. The second kappa shape index (κ2) is 4.14. The first-order valence-corrected chi connectivity index (χ1v) is 5.23. The number of hydrogen-bond donors (Lipinski definition) is 0. The van der Waals surface area contributed by atoms with Crippen LogP contribution in [0.25, 0.3) is 0 Å². The van der Waals surface area contributed by atoms with Gasteiger partial charge < -0.3 is 4.74 Å². The summed E-state index contributed by atoms with van der Waals surface area (Å²) in [5, 5.41) is 0. The van der Waals surface area contributed by atoms with Gasteiger partial charge in [0, 0.05) is 4.47 Å². The molecule has 0 saturated carbocycles. The SMILES string of the molecule is Cc1cc(Br)cc(C)c1OC(C)C. The monoisotopic (exact) mass is 242 g/mol. The van der Waals surface area contributed by atoms with E-state index < -0.39 is 0 Å². The molecule has 1 nitrogen and oxygen atoms in total. The summed E-state index contributed by atoms with van der Waals surface area (Å²) in [6, 6.07) is 4.15. The predicted octanol–water partition coefficient (Wildman–Crippen LogP) is 3.85. The molecule has 0 amide bonds. The first-order valence-electron chi connectivity index (χ1n) is 4.44. The molecule has 1 rings (SSSR count). The molecule has 0 aliphatic carbocycles. The van der Waals surface area contributed by atoms with Gasteiger partial charge in [0.2, 0.25) is 0 Å². The van der Waals surface area contributed by atoms with E-state index >= 15 is 0 Å². The van der Waals surface area contributed by atoms with Crippen molar-refractivity contribution in [3.05, 3.63) is 27.7 Å². The Bertz CT molecular complexity index is 282. The molecule has 0 atom stereocenters. The van der Waals surface area contributed by atoms with Crippen LogP contribution >= 0.6 is 15.9 Å². The van der Waals surface area contributed by atoms with Crippen molar-refractivity contribution in [1.29, 1.82) is 0 Å². The van der Waals surface area contributed by atoms with Crippen LogP contribution in [0.3, 0.4) is 0 Å². The third-order valence-corrected chi connectivity index (χ3v) is 2.24. The van der Waals surface area contributed by atoms with E-state index in [1.54, 1.807) is 0 Å². The molecule has 0 saturated heterocycles. The molecule has 0 unspecified atom stereocenters. The van der Waals surface area contributed by atoms with Gasteiger partial charge in [-0.15, -0.1) is 0 Å². The molecule has 0 spiro atoms. The van der Waals surface area contributed by atoms with Crippen molar-refractivity contribution >= 4 is 15.9 Å². The zero-order valence-electron chi connectivity index (χ0n) is 8.52. The van der Waals surface area contributed by atoms with Crippen LogP contribution in [0.1, 0.15) is 25.0 Å². The van der Waals surface area contributed by atoms with Crippen LogP contribution in [-0.2, 0) is 0 Å². The van der Waals surface area contributed by atoms with E-state index in [0.717, 1.165) is 10.2 Å². The van der Waals surface area contributed by atoms with Crippen LogP contribution in [0.15, 0.2) is 16.6 Å². The summed E-state index contributed by atoms with van der Waals surface area (Å²) in [5.41, 5.74) is 2.36. The van der Waals surface area contributed by atoms with Crippen LogP contribution in [0, 0.1) is 13.8 Å². The molecule has 13 heavy (non-hydrogen) atoms. The van der Waals surface area contributed by atoms with Gasteiger partial charge in [0.05, 0.1) is 6.10 Å². The Hall–Kier alpha value is -0.500. The van der Waals surface area contributed by atoms with Crippen molar-refractivity contribution in [2.24, 2.45) is 0 Å². The molecule has 0 aliphatic heterocycles. The van der Waals surface area contributed by atoms with E-state index in [1.807, 2.05) is 13.8 Å². The summed E-state index contributed by atoms with van der Waals surface area (Å²) in [7, 11) is 0. The average molecular weight is 243 g/mol. The fourth-order valence-electron chi connectivity index (χ4n) is 1.32. The Kier molecular flexibility index (Phi) is 3.37. The first-order chi connectivity index (χ1) is 6.00. The Labute approximate surface area is 88.2 Å². The van der Waals surface area contributed by atoms with Gasteiger partial charge in [-0.3, -0.25) is 0 Å². The normalized spacial score (nSPS) is 10.6. The van der Waals surface area contributed by atoms with Gasteiger partial charge in [-0.2, -0.15) is 0 Å². The van der Waals surface area contributed by atoms with Crippen molar-refractivity contribution in [1.82, 2.24) is 0 Å². The van der Waals surface area contributed by atoms with E-state index in [9.17, 15) is 0 Å². The average Bonchev–Trinajstić information content (AvgIpc) is 1.96. The van der Waals surface area contributed by atoms with Gasteiger partial charge in [-0.05, 0) is 51.0 Å². The number of rotatable bonds is 2. The summed E-state index contributed by atoms with van der Waals surface area (Å²) in [6.07, 6.45) is 0.235. The van der Waals surface area contributed by atoms with Gasteiger partial charge >= 0.3 is 0 Å². The number of aryl methyl sites for hydroxylation is 2. The summed E-state index contributed by atoms with van der Waals surface area (Å²) < 4.78 is 6.82. The minimum Gasteiger partial charge on any atom is -0.490 e. The van der Waals surface area contributed by atoms with E-state index in [1.165, 1.54) is 11.1 Å². The predicted molar refractivity (Wildman–Crippen MR) is 59.4 cm³/mol. The molecule has 72 valence electrons. The zero-order chi connectivity index (χ0) is 10.0. The van der Waals surface area contributed by atoms with Crippen LogP contribution in [-0.4, -0.2) is 6.10 Å². The highest BCUT2D eigenvalue weighted by atomic mass is 79.9. The second-order valence-electron chi connectivity index (χ2n) is 3.54. The van der Waals surface area contributed by atoms with Crippen molar-refractivity contribution in [3.63, 3.8) is 0 Å². The van der Waals surface area contributed by atoms with E-state index in [-0.39, 0.29) is 6.10 Å². The Morgan fingerprint density at radius 1 is 1.15 bits per heavy atom. The molecular formula is C11H15BrO. The van der Waals surface area contributed by atoms with Crippen molar-refractivity contribution < 1.29 is 4.74 Å². The highest BCUT2D eigenvalue weighted by Gasteiger charge is 2.06. The van der Waals surface area contributed by atoms with Crippen LogP contribution in [0.4, 0.5) is 0 Å². The summed E-state index contributed by atoms with van der Waals surface area (Å²) >= 11 is 3.46. The van der Waals surface area contributed by atoms with E-state index in [4.69, 9.17) is 4.74 Å². The molecule has 1 aromatic rings. The third kappa shape index (κ3) is 2.73. The van der Waals surface area contributed by atoms with Gasteiger partial charge in [0.25, 0.3) is 0 Å². The molecule has 0 heterocycles. The largest absolute Gasteiger partial charge is 0.490 e. The Morgan fingerprint density at radius 2 is 1.62 bits per heavy atom. The quantitative estimate of drug-likeness (QED) is 0.766. The lowest BCUT2D eigenvalue weighted by atomic mass is 10.1. The first kappa shape index (κ1) is 10.6. The van der Waals surface area contributed by atoms with Crippen LogP contribution in [0.5, 0.6) is 5.75 Å². The molecule has 0 radical (unpaired) electrons. The molecule has 0 bridgehead atoms. The molecule has 0 fully saturated rings. The number of ether oxygens (including phenoxy) is 1. The maximum Gasteiger partial charge on any atom is 0.125 e. The maximum absolute atomic E-state index is 5.71. The van der Waals surface area contributed by atoms with Crippen molar-refractivity contribution in [3.8, 4) is 5.75 Å². The molecule has 2 heteroatoms. The van der Waals surface area contributed by atoms with E-state index in [2.05, 4.69) is 41.9 Å². The lowest BCUT2D eigenvalue weighted by Gasteiger charge is -2.15. The van der Waals surface area contributed by atoms with Gasteiger partial charge in [0.1, 0.15) is 5.75 Å². The summed E-state index contributed by atoms with van der Waals surface area (Å²) in [4.78, 5) is 0. The second-order valence-corrected chi connectivity index (χ2v) is 4.45. The van der Waals surface area contributed by atoms with Crippen molar-refractivity contribution in [2.75, 3.05) is 0 Å². The maximum atomic E-state index is 5.71. The molecular weight excluding hydrogens is 228 g/mol. The highest BCUT2D eigenvalue weighted by Crippen LogP contribution is 2.27. The summed E-state index contributed by atoms with van der Waals surface area (Å²) in [6.45, 7) is 8.22. The fourth-order valence-corrected chi connectivity index (χ4v) is 2.01. The van der Waals surface area contributed by atoms with Crippen LogP contribution in [0.2, 0.25) is 0 Å². The topological polar surface area (TPSA) is 9.23 Å². The third-order valence-electron chi connectivity index (χ3n) is 1.78. The van der Waals surface area contributed by atoms with Gasteiger partial charge in [-0.25, -0.2) is 0 Å². The number of hydrogen-bond acceptors (Lipinski definition) is 1. The molecule has 0 aromatic heterocycles. The minimum absolute atomic E-state index is 0.235. The molecule has 1 aromatic carbocycles. The van der Waals surface area contributed by atoms with Crippen LogP contribution < -0.4 is 4.74 Å². The zero-order valence-corrected chi connectivity index (χ0v) is 10.1. The molecule has 0 N–H and O–H groups in total. The Morgan fingerprint density at radius 3 is 2.00 bits per heavy atom. The minimum atomic E-state index is 0.235. The number of benzene rings is 1. The molecule has 0 aliphatic rings. The lowest BCUT2D eigenvalue weighted by molar-refractivity contribution is 0.239. The lowest BCUT2D eigenvalue weighted by Crippen LogP contribution is -2.07. The Balaban J connectivity index is 3.06. The number of halogens is 1. The summed E-state index contributed by atoms with van der Waals surface area (Å²) in [5.74, 6) is 1.01. The fraction of sp³-hybridized carbons (Fsp3) is 0.455. The highest BCUT2D eigenvalue weighted by molar-refractivity contribution is 9.10. The van der Waals surface area contributed by atoms with E-state index in [0.29, 0.717) is 0 Å². The van der Waals surface area contributed by atoms with Gasteiger partial charge in [-0.1, -0.05) is 15.9 Å². The van der Waals surface area contributed by atoms with Gasteiger partial charge in [0.15, 0.2) is 0 Å². The van der Waals surface area contributed by atoms with Crippen molar-refractivity contribution in [2.45, 2.75) is 33.8 Å². The standard InChI is InChI=1S/C11H15BrO/c1-7(2)13-11-8(3)5-10(12)6-9(11)4/h5-7H,1-4H3.